The number of nitrogens with zero attached hydrogens (tertiary/aromatic N) is 4. The van der Waals surface area contributed by atoms with Crippen LogP contribution >= 0.6 is 0 Å². The molecule has 9 heteroatoms. The Bertz CT molecular complexity index is 1190. The average molecular weight is 389 g/mol. The summed E-state index contributed by atoms with van der Waals surface area (Å²) in [6.45, 7) is 1.64. The second-order valence-electron chi connectivity index (χ2n) is 6.25. The Morgan fingerprint density at radius 3 is 2.59 bits per heavy atom. The molecule has 3 aromatic rings. The smallest absolute Gasteiger partial charge is 0.270 e. The van der Waals surface area contributed by atoms with Crippen molar-refractivity contribution in [2.75, 3.05) is 5.32 Å². The summed E-state index contributed by atoms with van der Waals surface area (Å²) in [5.41, 5.74) is 1.78. The summed E-state index contributed by atoms with van der Waals surface area (Å²) >= 11 is 0. The number of hydrogen-bond acceptors (Lipinski definition) is 6. The molecule has 0 unspecified atom stereocenters. The molecule has 2 aromatic carbocycles. The van der Waals surface area contributed by atoms with Crippen molar-refractivity contribution in [3.63, 3.8) is 0 Å². The number of aryl methyl sites for hydroxylation is 1. The van der Waals surface area contributed by atoms with Gasteiger partial charge in [0.1, 0.15) is 12.6 Å². The Morgan fingerprint density at radius 1 is 1.24 bits per heavy atom. The number of hydrogen-bond donors (Lipinski definition) is 1. The van der Waals surface area contributed by atoms with Crippen LogP contribution in [-0.2, 0) is 11.3 Å². The monoisotopic (exact) mass is 389 g/mol. The molecule has 1 aromatic heterocycles. The second-order valence-corrected chi connectivity index (χ2v) is 6.25. The van der Waals surface area contributed by atoms with Gasteiger partial charge in [-0.25, -0.2) is 4.98 Å². The van der Waals surface area contributed by atoms with Crippen molar-refractivity contribution in [3.8, 4) is 17.3 Å². The van der Waals surface area contributed by atoms with E-state index in [1.54, 1.807) is 6.07 Å². The van der Waals surface area contributed by atoms with E-state index in [9.17, 15) is 19.7 Å². The lowest BCUT2D eigenvalue weighted by molar-refractivity contribution is -0.384. The third kappa shape index (κ3) is 4.51. The number of anilines is 1. The first kappa shape index (κ1) is 19.4. The molecular formula is C20H15N5O4. The number of carbonyl (C=O) groups is 1. The fraction of sp³-hybridized carbons (Fsp3) is 0.100. The van der Waals surface area contributed by atoms with Gasteiger partial charge in [-0.15, -0.1) is 0 Å². The number of amides is 1. The maximum atomic E-state index is 12.3. The van der Waals surface area contributed by atoms with Crippen LogP contribution in [0.15, 0.2) is 59.7 Å². The van der Waals surface area contributed by atoms with Crippen LogP contribution < -0.4 is 10.9 Å². The van der Waals surface area contributed by atoms with Crippen molar-refractivity contribution in [1.82, 2.24) is 9.55 Å². The normalized spacial score (nSPS) is 10.2. The number of carbonyl (C=O) groups excluding carboxylic acids is 1. The zero-order chi connectivity index (χ0) is 21.0. The van der Waals surface area contributed by atoms with Crippen molar-refractivity contribution in [2.24, 2.45) is 0 Å². The van der Waals surface area contributed by atoms with E-state index in [0.29, 0.717) is 5.69 Å². The van der Waals surface area contributed by atoms with E-state index in [2.05, 4.69) is 10.3 Å². The first-order valence-corrected chi connectivity index (χ1v) is 8.49. The van der Waals surface area contributed by atoms with Gasteiger partial charge in [-0.1, -0.05) is 29.8 Å². The van der Waals surface area contributed by atoms with Crippen LogP contribution in [0.2, 0.25) is 0 Å². The van der Waals surface area contributed by atoms with Gasteiger partial charge in [-0.3, -0.25) is 24.3 Å². The summed E-state index contributed by atoms with van der Waals surface area (Å²) in [6, 6.07) is 14.2. The number of nitro benzene ring substituents is 1. The molecule has 0 aliphatic rings. The zero-order valence-electron chi connectivity index (χ0n) is 15.3. The maximum absolute atomic E-state index is 12.3. The molecule has 0 saturated carbocycles. The van der Waals surface area contributed by atoms with E-state index < -0.39 is 16.4 Å². The van der Waals surface area contributed by atoms with Crippen LogP contribution in [0.4, 0.5) is 11.4 Å². The molecule has 0 bridgehead atoms. The van der Waals surface area contributed by atoms with Crippen LogP contribution in [0, 0.1) is 28.4 Å². The van der Waals surface area contributed by atoms with Gasteiger partial charge >= 0.3 is 0 Å². The van der Waals surface area contributed by atoms with Crippen molar-refractivity contribution in [3.05, 3.63) is 86.5 Å². The van der Waals surface area contributed by atoms with Gasteiger partial charge in [0.25, 0.3) is 11.2 Å². The topological polar surface area (TPSA) is 131 Å². The van der Waals surface area contributed by atoms with Crippen molar-refractivity contribution >= 4 is 17.3 Å². The summed E-state index contributed by atoms with van der Waals surface area (Å²) in [6.07, 6.45) is 1.28. The number of non-ortho nitro benzene ring substituents is 1. The van der Waals surface area contributed by atoms with E-state index in [4.69, 9.17) is 5.26 Å². The molecule has 0 aliphatic heterocycles. The summed E-state index contributed by atoms with van der Waals surface area (Å²) in [5, 5.41) is 22.4. The summed E-state index contributed by atoms with van der Waals surface area (Å²) in [7, 11) is 0. The summed E-state index contributed by atoms with van der Waals surface area (Å²) < 4.78 is 1.13. The molecule has 1 amide bonds. The van der Waals surface area contributed by atoms with E-state index in [1.807, 2.05) is 31.2 Å². The number of nitriles is 1. The number of nitrogens with one attached hydrogen (secondary N) is 1. The van der Waals surface area contributed by atoms with Gasteiger partial charge in [0.2, 0.25) is 5.91 Å². The Hall–Kier alpha value is -4.32. The second kappa shape index (κ2) is 8.14. The number of rotatable bonds is 5. The maximum Gasteiger partial charge on any atom is 0.270 e. The molecule has 0 atom stereocenters. The minimum absolute atomic E-state index is 0.0484. The van der Waals surface area contributed by atoms with Crippen LogP contribution in [0.1, 0.15) is 11.1 Å². The molecule has 29 heavy (non-hydrogen) atoms. The van der Waals surface area contributed by atoms with E-state index >= 15 is 0 Å². The fourth-order valence-electron chi connectivity index (χ4n) is 2.62. The predicted octanol–water partition coefficient (Wildman–Crippen LogP) is 2.64. The largest absolute Gasteiger partial charge is 0.323 e. The van der Waals surface area contributed by atoms with Crippen LogP contribution in [0.25, 0.3) is 11.3 Å². The minimum Gasteiger partial charge on any atom is -0.323 e. The molecule has 1 heterocycles. The molecule has 0 fully saturated rings. The highest BCUT2D eigenvalue weighted by molar-refractivity contribution is 5.92. The molecule has 144 valence electrons. The molecule has 0 radical (unpaired) electrons. The third-order valence-electron chi connectivity index (χ3n) is 4.15. The number of nitro groups is 1. The standard InChI is InChI=1S/C20H15N5O4/c1-13-2-4-14(5-3-13)18-9-20(27)24(12-22-18)11-19(26)23-17-7-6-16(25(28)29)8-15(17)10-21/h2-9,12H,11H2,1H3,(H,23,26). The molecular weight excluding hydrogens is 374 g/mol. The van der Waals surface area contributed by atoms with Gasteiger partial charge in [-0.05, 0) is 13.0 Å². The fourth-order valence-corrected chi connectivity index (χ4v) is 2.62. The number of aromatic nitrogens is 2. The van der Waals surface area contributed by atoms with Gasteiger partial charge in [0.15, 0.2) is 0 Å². The third-order valence-corrected chi connectivity index (χ3v) is 4.15. The Kier molecular flexibility index (Phi) is 5.46. The molecule has 3 rings (SSSR count). The molecule has 9 nitrogen and oxygen atoms in total. The SMILES string of the molecule is Cc1ccc(-c2cc(=O)n(CC(=O)Nc3ccc([N+](=O)[O-])cc3C#N)cn2)cc1. The Morgan fingerprint density at radius 2 is 1.97 bits per heavy atom. The van der Waals surface area contributed by atoms with Crippen LogP contribution in [0.3, 0.4) is 0 Å². The highest BCUT2D eigenvalue weighted by Gasteiger charge is 2.13. The van der Waals surface area contributed by atoms with E-state index in [-0.39, 0.29) is 23.5 Å². The van der Waals surface area contributed by atoms with Crippen LogP contribution in [0.5, 0.6) is 0 Å². The number of benzene rings is 2. The molecule has 0 spiro atoms. The van der Waals surface area contributed by atoms with E-state index in [1.165, 1.54) is 24.5 Å². The van der Waals surface area contributed by atoms with Crippen molar-refractivity contribution < 1.29 is 9.72 Å². The summed E-state index contributed by atoms with van der Waals surface area (Å²) in [4.78, 5) is 39.0. The van der Waals surface area contributed by atoms with E-state index in [0.717, 1.165) is 21.8 Å². The Labute approximate surface area is 165 Å². The Balaban J connectivity index is 1.76. The quantitative estimate of drug-likeness (QED) is 0.527. The van der Waals surface area contributed by atoms with Gasteiger partial charge in [0.05, 0.1) is 28.2 Å². The molecule has 0 aliphatic carbocycles. The lowest BCUT2D eigenvalue weighted by Gasteiger charge is -2.09. The van der Waals surface area contributed by atoms with Gasteiger partial charge in [0, 0.05) is 23.8 Å². The first-order chi connectivity index (χ1) is 13.9. The van der Waals surface area contributed by atoms with Crippen LogP contribution in [-0.4, -0.2) is 20.4 Å². The van der Waals surface area contributed by atoms with Crippen molar-refractivity contribution in [2.45, 2.75) is 13.5 Å². The zero-order valence-corrected chi connectivity index (χ0v) is 15.3. The predicted molar refractivity (Wildman–Crippen MR) is 105 cm³/mol. The minimum atomic E-state index is -0.632. The van der Waals surface area contributed by atoms with Crippen molar-refractivity contribution in [1.29, 1.82) is 5.26 Å². The lowest BCUT2D eigenvalue weighted by Crippen LogP contribution is -2.27. The highest BCUT2D eigenvalue weighted by atomic mass is 16.6. The molecule has 1 N–H and O–H groups in total. The highest BCUT2D eigenvalue weighted by Crippen LogP contribution is 2.21. The average Bonchev–Trinajstić information content (AvgIpc) is 2.70. The van der Waals surface area contributed by atoms with Gasteiger partial charge in [-0.2, -0.15) is 5.26 Å². The lowest BCUT2D eigenvalue weighted by atomic mass is 10.1. The first-order valence-electron chi connectivity index (χ1n) is 8.49. The molecule has 0 saturated heterocycles. The van der Waals surface area contributed by atoms with Gasteiger partial charge < -0.3 is 5.32 Å². The summed E-state index contributed by atoms with van der Waals surface area (Å²) in [5.74, 6) is -0.567.